The summed E-state index contributed by atoms with van der Waals surface area (Å²) < 4.78 is 5.61. The molecular formula is C15H22N2O. The summed E-state index contributed by atoms with van der Waals surface area (Å²) in [4.78, 5) is 0. The minimum atomic E-state index is 0.191. The van der Waals surface area contributed by atoms with Gasteiger partial charge in [-0.05, 0) is 36.8 Å². The van der Waals surface area contributed by atoms with Crippen LogP contribution in [0.5, 0.6) is 0 Å². The van der Waals surface area contributed by atoms with E-state index in [0.717, 1.165) is 19.6 Å². The molecule has 1 aromatic carbocycles. The Morgan fingerprint density at radius 1 is 1.33 bits per heavy atom. The molecule has 1 aliphatic carbocycles. The third kappa shape index (κ3) is 2.18. The van der Waals surface area contributed by atoms with Crippen molar-refractivity contribution in [3.05, 3.63) is 35.4 Å². The van der Waals surface area contributed by atoms with Crippen molar-refractivity contribution < 1.29 is 4.74 Å². The maximum absolute atomic E-state index is 6.18. The van der Waals surface area contributed by atoms with E-state index in [-0.39, 0.29) is 6.04 Å². The summed E-state index contributed by atoms with van der Waals surface area (Å²) in [5, 5.41) is 3.68. The molecule has 0 saturated carbocycles. The van der Waals surface area contributed by atoms with E-state index in [1.165, 1.54) is 17.5 Å². The number of fused-ring (bicyclic) bond motifs is 1. The SMILES string of the molecule is CC1OCCC1CNC1CC(N)c2ccccc21. The van der Waals surface area contributed by atoms with E-state index in [1.54, 1.807) is 0 Å². The lowest BCUT2D eigenvalue weighted by atomic mass is 10.0. The summed E-state index contributed by atoms with van der Waals surface area (Å²) in [6.07, 6.45) is 2.58. The zero-order valence-corrected chi connectivity index (χ0v) is 10.9. The van der Waals surface area contributed by atoms with Gasteiger partial charge in [0.2, 0.25) is 0 Å². The van der Waals surface area contributed by atoms with Crippen molar-refractivity contribution in [2.75, 3.05) is 13.2 Å². The van der Waals surface area contributed by atoms with Crippen molar-refractivity contribution in [2.45, 2.75) is 38.0 Å². The number of hydrogen-bond donors (Lipinski definition) is 2. The minimum Gasteiger partial charge on any atom is -0.378 e. The van der Waals surface area contributed by atoms with Crippen LogP contribution in [0.4, 0.5) is 0 Å². The molecule has 3 nitrogen and oxygen atoms in total. The summed E-state index contributed by atoms with van der Waals surface area (Å²) in [7, 11) is 0. The van der Waals surface area contributed by atoms with Crippen molar-refractivity contribution in [1.82, 2.24) is 5.32 Å². The molecule has 98 valence electrons. The second kappa shape index (κ2) is 5.00. The molecule has 1 heterocycles. The molecule has 1 aromatic rings. The molecule has 0 aromatic heterocycles. The third-order valence-corrected chi connectivity index (χ3v) is 4.42. The van der Waals surface area contributed by atoms with Crippen LogP contribution in [0.25, 0.3) is 0 Å². The Morgan fingerprint density at radius 3 is 2.83 bits per heavy atom. The van der Waals surface area contributed by atoms with Gasteiger partial charge < -0.3 is 15.8 Å². The van der Waals surface area contributed by atoms with Gasteiger partial charge in [-0.2, -0.15) is 0 Å². The molecule has 0 radical (unpaired) electrons. The lowest BCUT2D eigenvalue weighted by molar-refractivity contribution is 0.105. The van der Waals surface area contributed by atoms with E-state index in [2.05, 4.69) is 36.5 Å². The molecule has 18 heavy (non-hydrogen) atoms. The Bertz CT molecular complexity index is 421. The van der Waals surface area contributed by atoms with E-state index in [9.17, 15) is 0 Å². The first-order chi connectivity index (χ1) is 8.75. The summed E-state index contributed by atoms with van der Waals surface area (Å²) in [5.74, 6) is 0.647. The molecule has 0 bridgehead atoms. The van der Waals surface area contributed by atoms with Crippen LogP contribution < -0.4 is 11.1 Å². The molecule has 1 fully saturated rings. The fraction of sp³-hybridized carbons (Fsp3) is 0.600. The average molecular weight is 246 g/mol. The summed E-state index contributed by atoms with van der Waals surface area (Å²) in [6, 6.07) is 9.15. The molecule has 4 atom stereocenters. The first-order valence-electron chi connectivity index (χ1n) is 6.95. The standard InChI is InChI=1S/C15H22N2O/c1-10-11(6-7-18-10)9-17-15-8-14(16)12-4-2-3-5-13(12)15/h2-5,10-11,14-15,17H,6-9,16H2,1H3. The van der Waals surface area contributed by atoms with Gasteiger partial charge in [-0.3, -0.25) is 0 Å². The Balaban J connectivity index is 1.64. The maximum atomic E-state index is 6.18. The monoisotopic (exact) mass is 246 g/mol. The van der Waals surface area contributed by atoms with Gasteiger partial charge in [0.25, 0.3) is 0 Å². The van der Waals surface area contributed by atoms with Gasteiger partial charge in [0.15, 0.2) is 0 Å². The van der Waals surface area contributed by atoms with Gasteiger partial charge in [-0.25, -0.2) is 0 Å². The van der Waals surface area contributed by atoms with Crippen LogP contribution in [0.15, 0.2) is 24.3 Å². The van der Waals surface area contributed by atoms with Gasteiger partial charge in [0, 0.05) is 25.2 Å². The number of benzene rings is 1. The predicted octanol–water partition coefficient (Wildman–Crippen LogP) is 2.15. The fourth-order valence-electron chi connectivity index (χ4n) is 3.20. The van der Waals surface area contributed by atoms with E-state index in [0.29, 0.717) is 18.1 Å². The zero-order chi connectivity index (χ0) is 12.5. The second-order valence-electron chi connectivity index (χ2n) is 5.56. The Hall–Kier alpha value is -0.900. The van der Waals surface area contributed by atoms with Crippen molar-refractivity contribution >= 4 is 0 Å². The molecule has 1 aliphatic heterocycles. The highest BCUT2D eigenvalue weighted by Gasteiger charge is 2.30. The lowest BCUT2D eigenvalue weighted by Crippen LogP contribution is -2.29. The van der Waals surface area contributed by atoms with Crippen LogP contribution in [-0.2, 0) is 4.74 Å². The molecule has 3 N–H and O–H groups in total. The number of rotatable bonds is 3. The highest BCUT2D eigenvalue weighted by atomic mass is 16.5. The summed E-state index contributed by atoms with van der Waals surface area (Å²) >= 11 is 0. The normalized spacial score (nSPS) is 34.8. The third-order valence-electron chi connectivity index (χ3n) is 4.42. The summed E-state index contributed by atoms with van der Waals surface area (Å²) in [5.41, 5.74) is 8.88. The second-order valence-corrected chi connectivity index (χ2v) is 5.56. The van der Waals surface area contributed by atoms with Gasteiger partial charge in [-0.1, -0.05) is 24.3 Å². The first-order valence-corrected chi connectivity index (χ1v) is 6.95. The molecule has 4 unspecified atom stereocenters. The first kappa shape index (κ1) is 12.2. The smallest absolute Gasteiger partial charge is 0.0588 e. The van der Waals surface area contributed by atoms with E-state index >= 15 is 0 Å². The minimum absolute atomic E-state index is 0.191. The number of nitrogens with one attached hydrogen (secondary N) is 1. The fourth-order valence-corrected chi connectivity index (χ4v) is 3.20. The highest BCUT2D eigenvalue weighted by molar-refractivity contribution is 5.37. The Labute approximate surface area is 109 Å². The molecular weight excluding hydrogens is 224 g/mol. The molecule has 0 amide bonds. The van der Waals surface area contributed by atoms with Crippen molar-refractivity contribution in [2.24, 2.45) is 11.7 Å². The highest BCUT2D eigenvalue weighted by Crippen LogP contribution is 2.37. The average Bonchev–Trinajstić information content (AvgIpc) is 2.92. The topological polar surface area (TPSA) is 47.3 Å². The van der Waals surface area contributed by atoms with Crippen LogP contribution in [-0.4, -0.2) is 19.3 Å². The van der Waals surface area contributed by atoms with Crippen LogP contribution >= 0.6 is 0 Å². The number of ether oxygens (including phenoxy) is 1. The van der Waals surface area contributed by atoms with Gasteiger partial charge in [0.05, 0.1) is 6.10 Å². The van der Waals surface area contributed by atoms with Crippen LogP contribution in [0.3, 0.4) is 0 Å². The quantitative estimate of drug-likeness (QED) is 0.859. The van der Waals surface area contributed by atoms with E-state index < -0.39 is 0 Å². The van der Waals surface area contributed by atoms with Crippen LogP contribution in [0.2, 0.25) is 0 Å². The molecule has 0 spiro atoms. The van der Waals surface area contributed by atoms with E-state index in [4.69, 9.17) is 10.5 Å². The molecule has 2 aliphatic rings. The molecule has 3 rings (SSSR count). The largest absolute Gasteiger partial charge is 0.378 e. The van der Waals surface area contributed by atoms with Crippen molar-refractivity contribution in [1.29, 1.82) is 0 Å². The Morgan fingerprint density at radius 2 is 2.11 bits per heavy atom. The lowest BCUT2D eigenvalue weighted by Gasteiger charge is -2.19. The predicted molar refractivity (Wildman–Crippen MR) is 72.3 cm³/mol. The van der Waals surface area contributed by atoms with Gasteiger partial charge in [0.1, 0.15) is 0 Å². The number of nitrogens with two attached hydrogens (primary N) is 1. The van der Waals surface area contributed by atoms with Gasteiger partial charge >= 0.3 is 0 Å². The summed E-state index contributed by atoms with van der Waals surface area (Å²) in [6.45, 7) is 4.12. The zero-order valence-electron chi connectivity index (χ0n) is 10.9. The van der Waals surface area contributed by atoms with Crippen LogP contribution in [0.1, 0.15) is 43.0 Å². The number of hydrogen-bond acceptors (Lipinski definition) is 3. The van der Waals surface area contributed by atoms with E-state index in [1.807, 2.05) is 0 Å². The maximum Gasteiger partial charge on any atom is 0.0588 e. The van der Waals surface area contributed by atoms with Crippen molar-refractivity contribution in [3.8, 4) is 0 Å². The van der Waals surface area contributed by atoms with Crippen LogP contribution in [0, 0.1) is 5.92 Å². The van der Waals surface area contributed by atoms with Gasteiger partial charge in [-0.15, -0.1) is 0 Å². The molecule has 3 heteroatoms. The molecule has 1 saturated heterocycles. The Kier molecular flexibility index (Phi) is 3.37. The van der Waals surface area contributed by atoms with Crippen molar-refractivity contribution in [3.63, 3.8) is 0 Å².